The van der Waals surface area contributed by atoms with Crippen LogP contribution >= 0.6 is 15.9 Å². The van der Waals surface area contributed by atoms with Gasteiger partial charge in [0.15, 0.2) is 0 Å². The smallest absolute Gasteiger partial charge is 0.123 e. The Hall–Kier alpha value is -2.27. The second-order valence-electron chi connectivity index (χ2n) is 5.12. The van der Waals surface area contributed by atoms with E-state index in [0.29, 0.717) is 0 Å². The topological polar surface area (TPSA) is 30.7 Å². The molecule has 0 aliphatic rings. The molecule has 2 heterocycles. The Balaban J connectivity index is 2.15. The van der Waals surface area contributed by atoms with Crippen molar-refractivity contribution in [3.05, 3.63) is 64.8 Å². The summed E-state index contributed by atoms with van der Waals surface area (Å²) in [5.41, 5.74) is 3.59. The van der Waals surface area contributed by atoms with Gasteiger partial charge in [-0.2, -0.15) is 0 Å². The summed E-state index contributed by atoms with van der Waals surface area (Å²) in [5.74, 6) is 0.593. The molecule has 0 saturated heterocycles. The van der Waals surface area contributed by atoms with Gasteiger partial charge in [-0.3, -0.25) is 9.55 Å². The third-order valence-corrected chi connectivity index (χ3v) is 4.19. The zero-order valence-corrected chi connectivity index (χ0v) is 13.3. The molecular formula is C17H11BrFN3. The summed E-state index contributed by atoms with van der Waals surface area (Å²) < 4.78 is 16.2. The number of imidazole rings is 1. The molecule has 0 spiro atoms. The van der Waals surface area contributed by atoms with Crippen LogP contribution in [0.15, 0.2) is 53.1 Å². The van der Waals surface area contributed by atoms with Gasteiger partial charge in [-0.1, -0.05) is 15.9 Å². The molecule has 0 fully saturated rings. The van der Waals surface area contributed by atoms with Gasteiger partial charge in [0.25, 0.3) is 0 Å². The van der Waals surface area contributed by atoms with Crippen LogP contribution in [0.25, 0.3) is 27.6 Å². The van der Waals surface area contributed by atoms with Gasteiger partial charge >= 0.3 is 0 Å². The van der Waals surface area contributed by atoms with Crippen LogP contribution in [0.2, 0.25) is 0 Å². The number of pyridine rings is 1. The second kappa shape index (κ2) is 4.88. The Morgan fingerprint density at radius 2 is 1.82 bits per heavy atom. The van der Waals surface area contributed by atoms with Gasteiger partial charge in [0, 0.05) is 15.5 Å². The Bertz CT molecular complexity index is 1010. The summed E-state index contributed by atoms with van der Waals surface area (Å²) in [4.78, 5) is 9.04. The molecule has 4 rings (SSSR count). The third kappa shape index (κ3) is 2.01. The van der Waals surface area contributed by atoms with Crippen LogP contribution in [0.1, 0.15) is 5.82 Å². The standard InChI is InChI=1S/C17H11BrFN3/c1-10-21-16-9-20-15-7-2-11(18)8-14(15)17(16)22(10)13-5-3-12(19)4-6-13/h2-9H,1H3. The van der Waals surface area contributed by atoms with Crippen LogP contribution in [0.5, 0.6) is 0 Å². The van der Waals surface area contributed by atoms with Crippen molar-refractivity contribution in [3.63, 3.8) is 0 Å². The number of nitrogens with zero attached hydrogens (tertiary/aromatic N) is 3. The predicted octanol–water partition coefficient (Wildman–Crippen LogP) is 4.78. The molecule has 2 aromatic carbocycles. The zero-order chi connectivity index (χ0) is 15.3. The third-order valence-electron chi connectivity index (χ3n) is 3.70. The van der Waals surface area contributed by atoms with Gasteiger partial charge in [-0.05, 0) is 49.4 Å². The first kappa shape index (κ1) is 13.4. The molecule has 22 heavy (non-hydrogen) atoms. The van der Waals surface area contributed by atoms with Crippen molar-refractivity contribution in [2.75, 3.05) is 0 Å². The summed E-state index contributed by atoms with van der Waals surface area (Å²) in [6.07, 6.45) is 1.78. The van der Waals surface area contributed by atoms with Crippen LogP contribution in [0.4, 0.5) is 4.39 Å². The molecule has 0 atom stereocenters. The lowest BCUT2D eigenvalue weighted by atomic mass is 10.2. The van der Waals surface area contributed by atoms with E-state index in [9.17, 15) is 4.39 Å². The molecule has 3 nitrogen and oxygen atoms in total. The van der Waals surface area contributed by atoms with Gasteiger partial charge in [0.05, 0.1) is 17.2 Å². The lowest BCUT2D eigenvalue weighted by Gasteiger charge is -2.09. The maximum Gasteiger partial charge on any atom is 0.123 e. The first-order valence-electron chi connectivity index (χ1n) is 6.83. The Morgan fingerprint density at radius 1 is 1.05 bits per heavy atom. The van der Waals surface area contributed by atoms with Crippen molar-refractivity contribution in [2.24, 2.45) is 0 Å². The minimum atomic E-state index is -0.250. The van der Waals surface area contributed by atoms with Gasteiger partial charge in [0.2, 0.25) is 0 Å². The maximum atomic E-state index is 13.2. The van der Waals surface area contributed by atoms with E-state index in [4.69, 9.17) is 0 Å². The van der Waals surface area contributed by atoms with Crippen LogP contribution < -0.4 is 0 Å². The molecule has 0 aliphatic heterocycles. The minimum Gasteiger partial charge on any atom is -0.296 e. The van der Waals surface area contributed by atoms with Crippen molar-refractivity contribution in [3.8, 4) is 5.69 Å². The van der Waals surface area contributed by atoms with Crippen molar-refractivity contribution in [2.45, 2.75) is 6.92 Å². The van der Waals surface area contributed by atoms with E-state index < -0.39 is 0 Å². The van der Waals surface area contributed by atoms with Gasteiger partial charge in [0.1, 0.15) is 17.2 Å². The van der Waals surface area contributed by atoms with Crippen LogP contribution in [-0.2, 0) is 0 Å². The fourth-order valence-corrected chi connectivity index (χ4v) is 3.11. The number of rotatable bonds is 1. The highest BCUT2D eigenvalue weighted by atomic mass is 79.9. The van der Waals surface area contributed by atoms with Gasteiger partial charge in [-0.25, -0.2) is 9.37 Å². The predicted molar refractivity (Wildman–Crippen MR) is 88.8 cm³/mol. The van der Waals surface area contributed by atoms with E-state index in [1.54, 1.807) is 18.3 Å². The van der Waals surface area contributed by atoms with Crippen molar-refractivity contribution < 1.29 is 4.39 Å². The zero-order valence-electron chi connectivity index (χ0n) is 11.7. The number of hydrogen-bond donors (Lipinski definition) is 0. The van der Waals surface area contributed by atoms with Gasteiger partial charge in [-0.15, -0.1) is 0 Å². The van der Waals surface area contributed by atoms with Crippen LogP contribution in [0, 0.1) is 12.7 Å². The van der Waals surface area contributed by atoms with E-state index in [1.807, 2.05) is 29.7 Å². The second-order valence-corrected chi connectivity index (χ2v) is 6.04. The van der Waals surface area contributed by atoms with E-state index in [-0.39, 0.29) is 5.82 Å². The molecule has 108 valence electrons. The highest BCUT2D eigenvalue weighted by Crippen LogP contribution is 2.29. The van der Waals surface area contributed by atoms with E-state index in [2.05, 4.69) is 25.9 Å². The Kier molecular flexibility index (Phi) is 2.97. The number of benzene rings is 2. The van der Waals surface area contributed by atoms with Crippen LogP contribution in [0.3, 0.4) is 0 Å². The summed E-state index contributed by atoms with van der Waals surface area (Å²) in [6, 6.07) is 12.4. The number of aromatic nitrogens is 3. The van der Waals surface area contributed by atoms with Crippen LogP contribution in [-0.4, -0.2) is 14.5 Å². The lowest BCUT2D eigenvalue weighted by Crippen LogP contribution is -1.97. The molecular weight excluding hydrogens is 345 g/mol. The van der Waals surface area contributed by atoms with Gasteiger partial charge < -0.3 is 0 Å². The van der Waals surface area contributed by atoms with Crippen molar-refractivity contribution in [1.82, 2.24) is 14.5 Å². The quantitative estimate of drug-likeness (QED) is 0.491. The van der Waals surface area contributed by atoms with Crippen molar-refractivity contribution >= 4 is 37.9 Å². The number of halogens is 2. The largest absolute Gasteiger partial charge is 0.296 e. The maximum absolute atomic E-state index is 13.2. The fraction of sp³-hybridized carbons (Fsp3) is 0.0588. The molecule has 2 aromatic heterocycles. The Morgan fingerprint density at radius 3 is 2.59 bits per heavy atom. The molecule has 4 aromatic rings. The summed E-state index contributed by atoms with van der Waals surface area (Å²) in [5, 5.41) is 1.01. The molecule has 0 N–H and O–H groups in total. The molecule has 0 bridgehead atoms. The van der Waals surface area contributed by atoms with Crippen molar-refractivity contribution in [1.29, 1.82) is 0 Å². The van der Waals surface area contributed by atoms with E-state index in [0.717, 1.165) is 37.9 Å². The molecule has 0 radical (unpaired) electrons. The Labute approximate surface area is 134 Å². The summed E-state index contributed by atoms with van der Waals surface area (Å²) in [6.45, 7) is 1.94. The molecule has 0 saturated carbocycles. The lowest BCUT2D eigenvalue weighted by molar-refractivity contribution is 0.627. The summed E-state index contributed by atoms with van der Waals surface area (Å²) in [7, 11) is 0. The first-order chi connectivity index (χ1) is 10.6. The van der Waals surface area contributed by atoms with E-state index >= 15 is 0 Å². The molecule has 5 heteroatoms. The number of fused-ring (bicyclic) bond motifs is 3. The highest BCUT2D eigenvalue weighted by molar-refractivity contribution is 9.10. The number of hydrogen-bond acceptors (Lipinski definition) is 2. The normalized spacial score (nSPS) is 11.4. The highest BCUT2D eigenvalue weighted by Gasteiger charge is 2.13. The number of aryl methyl sites for hydroxylation is 1. The molecule has 0 unspecified atom stereocenters. The first-order valence-corrected chi connectivity index (χ1v) is 7.62. The average molecular weight is 356 g/mol. The fourth-order valence-electron chi connectivity index (χ4n) is 2.75. The average Bonchev–Trinajstić information content (AvgIpc) is 2.84. The SMILES string of the molecule is Cc1nc2cnc3ccc(Br)cc3c2n1-c1ccc(F)cc1. The monoisotopic (exact) mass is 355 g/mol. The minimum absolute atomic E-state index is 0.250. The summed E-state index contributed by atoms with van der Waals surface area (Å²) >= 11 is 3.51. The molecule has 0 aliphatic carbocycles. The molecule has 0 amide bonds. The van der Waals surface area contributed by atoms with E-state index in [1.165, 1.54) is 12.1 Å².